The SMILES string of the molecule is Cc1ccc(CNC(=O)CCn2cnc3onc(-c4cccc(F)c4)c3c2=O)o1. The summed E-state index contributed by atoms with van der Waals surface area (Å²) in [5.74, 6) is 0.733. The van der Waals surface area contributed by atoms with E-state index in [1.807, 2.05) is 13.0 Å². The van der Waals surface area contributed by atoms with Crippen LogP contribution in [-0.2, 0) is 17.9 Å². The molecule has 1 N–H and O–H groups in total. The Balaban J connectivity index is 1.51. The molecular formula is C20H17FN4O4. The number of furan rings is 1. The van der Waals surface area contributed by atoms with Gasteiger partial charge in [-0.3, -0.25) is 14.2 Å². The molecule has 1 aromatic carbocycles. The van der Waals surface area contributed by atoms with Gasteiger partial charge in [-0.25, -0.2) is 9.37 Å². The highest BCUT2D eigenvalue weighted by atomic mass is 19.1. The minimum absolute atomic E-state index is 0.0585. The zero-order valence-corrected chi connectivity index (χ0v) is 15.5. The average molecular weight is 396 g/mol. The molecule has 0 atom stereocenters. The van der Waals surface area contributed by atoms with E-state index in [0.717, 1.165) is 5.76 Å². The molecule has 3 aromatic heterocycles. The maximum atomic E-state index is 13.5. The van der Waals surface area contributed by atoms with Gasteiger partial charge < -0.3 is 14.3 Å². The first kappa shape index (κ1) is 18.6. The number of halogens is 1. The van der Waals surface area contributed by atoms with E-state index < -0.39 is 11.4 Å². The van der Waals surface area contributed by atoms with Gasteiger partial charge in [0.1, 0.15) is 34.7 Å². The molecule has 8 nitrogen and oxygen atoms in total. The fourth-order valence-corrected chi connectivity index (χ4v) is 2.95. The summed E-state index contributed by atoms with van der Waals surface area (Å²) in [6.07, 6.45) is 1.38. The molecule has 0 aliphatic heterocycles. The summed E-state index contributed by atoms with van der Waals surface area (Å²) >= 11 is 0. The lowest BCUT2D eigenvalue weighted by molar-refractivity contribution is -0.121. The number of rotatable bonds is 6. The lowest BCUT2D eigenvalue weighted by atomic mass is 10.1. The van der Waals surface area contributed by atoms with E-state index >= 15 is 0 Å². The molecule has 1 amide bonds. The Labute approximate surface area is 163 Å². The molecule has 0 bridgehead atoms. The van der Waals surface area contributed by atoms with Gasteiger partial charge in [0, 0.05) is 18.5 Å². The van der Waals surface area contributed by atoms with Gasteiger partial charge in [0.15, 0.2) is 0 Å². The number of amides is 1. The van der Waals surface area contributed by atoms with Crippen LogP contribution in [0, 0.1) is 12.7 Å². The van der Waals surface area contributed by atoms with Crippen LogP contribution in [-0.4, -0.2) is 20.6 Å². The lowest BCUT2D eigenvalue weighted by Gasteiger charge is -2.06. The molecule has 0 aliphatic carbocycles. The zero-order chi connectivity index (χ0) is 20.4. The number of aryl methyl sites for hydroxylation is 2. The number of benzene rings is 1. The summed E-state index contributed by atoms with van der Waals surface area (Å²) in [6.45, 7) is 2.22. The van der Waals surface area contributed by atoms with Gasteiger partial charge in [0.25, 0.3) is 11.3 Å². The van der Waals surface area contributed by atoms with Crippen molar-refractivity contribution in [2.75, 3.05) is 0 Å². The fraction of sp³-hybridized carbons (Fsp3) is 0.200. The highest BCUT2D eigenvalue weighted by Gasteiger charge is 2.17. The minimum Gasteiger partial charge on any atom is -0.465 e. The van der Waals surface area contributed by atoms with E-state index in [1.165, 1.54) is 29.1 Å². The molecule has 0 radical (unpaired) electrons. The second-order valence-corrected chi connectivity index (χ2v) is 6.50. The molecule has 0 fully saturated rings. The number of fused-ring (bicyclic) bond motifs is 1. The molecule has 0 spiro atoms. The fourth-order valence-electron chi connectivity index (χ4n) is 2.95. The molecule has 9 heteroatoms. The Hall–Kier alpha value is -3.75. The Kier molecular flexibility index (Phi) is 4.94. The first-order valence-corrected chi connectivity index (χ1v) is 8.94. The molecule has 0 unspecified atom stereocenters. The average Bonchev–Trinajstić information content (AvgIpc) is 3.32. The third-order valence-corrected chi connectivity index (χ3v) is 4.40. The highest BCUT2D eigenvalue weighted by molar-refractivity contribution is 5.88. The van der Waals surface area contributed by atoms with Crippen LogP contribution in [0.25, 0.3) is 22.4 Å². The highest BCUT2D eigenvalue weighted by Crippen LogP contribution is 2.24. The lowest BCUT2D eigenvalue weighted by Crippen LogP contribution is -2.27. The van der Waals surface area contributed by atoms with Crippen molar-refractivity contribution in [3.05, 3.63) is 70.4 Å². The van der Waals surface area contributed by atoms with Gasteiger partial charge in [-0.15, -0.1) is 0 Å². The number of carbonyl (C=O) groups is 1. The van der Waals surface area contributed by atoms with E-state index in [2.05, 4.69) is 15.5 Å². The van der Waals surface area contributed by atoms with Crippen molar-refractivity contribution in [1.29, 1.82) is 0 Å². The largest absolute Gasteiger partial charge is 0.465 e. The summed E-state index contributed by atoms with van der Waals surface area (Å²) in [5.41, 5.74) is 0.268. The van der Waals surface area contributed by atoms with Crippen molar-refractivity contribution in [2.45, 2.75) is 26.4 Å². The van der Waals surface area contributed by atoms with Gasteiger partial charge in [0.2, 0.25) is 5.91 Å². The second-order valence-electron chi connectivity index (χ2n) is 6.50. The van der Waals surface area contributed by atoms with Crippen LogP contribution in [0.1, 0.15) is 17.9 Å². The molecule has 4 aromatic rings. The predicted octanol–water partition coefficient (Wildman–Crippen LogP) is 2.80. The number of hydrogen-bond donors (Lipinski definition) is 1. The topological polar surface area (TPSA) is 103 Å². The Bertz CT molecular complexity index is 1240. The first-order chi connectivity index (χ1) is 14.0. The van der Waals surface area contributed by atoms with Crippen molar-refractivity contribution < 1.29 is 18.1 Å². The van der Waals surface area contributed by atoms with Crippen LogP contribution in [0.4, 0.5) is 4.39 Å². The number of nitrogens with one attached hydrogen (secondary N) is 1. The van der Waals surface area contributed by atoms with Gasteiger partial charge in [-0.2, -0.15) is 0 Å². The standard InChI is InChI=1S/C20H17FN4O4/c1-12-5-6-15(28-12)10-22-16(26)7-8-25-11-23-19-17(20(25)27)18(24-29-19)13-3-2-4-14(21)9-13/h2-6,9,11H,7-8,10H2,1H3,(H,22,26). The first-order valence-electron chi connectivity index (χ1n) is 8.94. The molecule has 0 saturated carbocycles. The van der Waals surface area contributed by atoms with Crippen LogP contribution in [0.3, 0.4) is 0 Å². The van der Waals surface area contributed by atoms with Crippen LogP contribution in [0.2, 0.25) is 0 Å². The van der Waals surface area contributed by atoms with E-state index in [0.29, 0.717) is 11.3 Å². The van der Waals surface area contributed by atoms with Crippen LogP contribution >= 0.6 is 0 Å². The summed E-state index contributed by atoms with van der Waals surface area (Å²) in [5, 5.41) is 6.74. The summed E-state index contributed by atoms with van der Waals surface area (Å²) in [6, 6.07) is 9.31. The van der Waals surface area contributed by atoms with Crippen LogP contribution in [0.15, 0.2) is 56.5 Å². The van der Waals surface area contributed by atoms with Crippen molar-refractivity contribution in [3.8, 4) is 11.3 Å². The van der Waals surface area contributed by atoms with E-state index in [-0.39, 0.29) is 42.2 Å². The molecule has 3 heterocycles. The number of carbonyl (C=O) groups excluding carboxylic acids is 1. The third kappa shape index (κ3) is 3.93. The van der Waals surface area contributed by atoms with Crippen molar-refractivity contribution in [3.63, 3.8) is 0 Å². The van der Waals surface area contributed by atoms with Gasteiger partial charge in [0.05, 0.1) is 6.54 Å². The van der Waals surface area contributed by atoms with Crippen molar-refractivity contribution in [1.82, 2.24) is 20.0 Å². The molecule has 0 aliphatic rings. The van der Waals surface area contributed by atoms with Gasteiger partial charge in [-0.05, 0) is 31.2 Å². The minimum atomic E-state index is -0.453. The normalized spacial score (nSPS) is 11.1. The van der Waals surface area contributed by atoms with Crippen molar-refractivity contribution in [2.24, 2.45) is 0 Å². The molecule has 4 rings (SSSR count). The Morgan fingerprint density at radius 3 is 2.90 bits per heavy atom. The Morgan fingerprint density at radius 2 is 2.14 bits per heavy atom. The molecule has 148 valence electrons. The zero-order valence-electron chi connectivity index (χ0n) is 15.5. The molecule has 29 heavy (non-hydrogen) atoms. The summed E-state index contributed by atoms with van der Waals surface area (Å²) < 4.78 is 25.3. The number of hydrogen-bond acceptors (Lipinski definition) is 6. The summed E-state index contributed by atoms with van der Waals surface area (Å²) in [4.78, 5) is 29.0. The van der Waals surface area contributed by atoms with Gasteiger partial charge in [-0.1, -0.05) is 17.3 Å². The maximum Gasteiger partial charge on any atom is 0.266 e. The molecule has 0 saturated heterocycles. The predicted molar refractivity (Wildman–Crippen MR) is 101 cm³/mol. The van der Waals surface area contributed by atoms with E-state index in [9.17, 15) is 14.0 Å². The van der Waals surface area contributed by atoms with E-state index in [1.54, 1.807) is 12.1 Å². The van der Waals surface area contributed by atoms with E-state index in [4.69, 9.17) is 8.94 Å². The van der Waals surface area contributed by atoms with Crippen molar-refractivity contribution >= 4 is 17.0 Å². The monoisotopic (exact) mass is 396 g/mol. The quantitative estimate of drug-likeness (QED) is 0.538. The number of nitrogens with zero attached hydrogens (tertiary/aromatic N) is 3. The second kappa shape index (κ2) is 7.70. The van der Waals surface area contributed by atoms with Crippen LogP contribution in [0.5, 0.6) is 0 Å². The Morgan fingerprint density at radius 1 is 1.28 bits per heavy atom. The molecular weight excluding hydrogens is 379 g/mol. The van der Waals surface area contributed by atoms with Crippen LogP contribution < -0.4 is 10.9 Å². The van der Waals surface area contributed by atoms with Gasteiger partial charge >= 0.3 is 0 Å². The smallest absolute Gasteiger partial charge is 0.266 e. The third-order valence-electron chi connectivity index (χ3n) is 4.40. The maximum absolute atomic E-state index is 13.5. The summed E-state index contributed by atoms with van der Waals surface area (Å²) in [7, 11) is 0. The number of aromatic nitrogens is 3.